The molecule has 86 valence electrons. The van der Waals surface area contributed by atoms with Crippen molar-refractivity contribution in [2.75, 3.05) is 0 Å². The van der Waals surface area contributed by atoms with Crippen LogP contribution in [-0.2, 0) is 0 Å². The molecule has 0 N–H and O–H groups in total. The van der Waals surface area contributed by atoms with Crippen LogP contribution < -0.4 is 0 Å². The van der Waals surface area contributed by atoms with E-state index in [9.17, 15) is 0 Å². The minimum Gasteiger partial charge on any atom is -0.225 e. The second-order valence-electron chi connectivity index (χ2n) is 4.27. The van der Waals surface area contributed by atoms with Crippen molar-refractivity contribution in [1.29, 1.82) is 0 Å². The normalized spacial score (nSPS) is 11.6. The Bertz CT molecular complexity index is 895. The van der Waals surface area contributed by atoms with Gasteiger partial charge in [0.1, 0.15) is 0 Å². The lowest BCUT2D eigenvalue weighted by Gasteiger charge is -2.04. The maximum atomic E-state index is 6.04. The van der Waals surface area contributed by atoms with E-state index in [-0.39, 0.29) is 0 Å². The third kappa shape index (κ3) is 1.36. The van der Waals surface area contributed by atoms with Crippen LogP contribution in [0, 0.1) is 0 Å². The van der Waals surface area contributed by atoms with Crippen molar-refractivity contribution in [3.05, 3.63) is 53.0 Å². The Balaban J connectivity index is 2.37. The molecule has 0 aliphatic heterocycles. The van der Waals surface area contributed by atoms with Crippen LogP contribution in [0.25, 0.3) is 31.8 Å². The molecule has 0 aliphatic rings. The second kappa shape index (κ2) is 3.67. The van der Waals surface area contributed by atoms with Crippen LogP contribution in [0.1, 0.15) is 0 Å². The lowest BCUT2D eigenvalue weighted by Crippen LogP contribution is -1.78. The molecule has 3 heteroatoms. The van der Waals surface area contributed by atoms with Gasteiger partial charge in [0.25, 0.3) is 0 Å². The van der Waals surface area contributed by atoms with Crippen LogP contribution >= 0.6 is 22.9 Å². The first kappa shape index (κ1) is 10.3. The van der Waals surface area contributed by atoms with Gasteiger partial charge in [0.2, 0.25) is 0 Å². The number of thiazole rings is 1. The van der Waals surface area contributed by atoms with Crippen molar-refractivity contribution >= 4 is 54.7 Å². The Labute approximate surface area is 113 Å². The number of aromatic nitrogens is 1. The molecule has 1 heterocycles. The Morgan fingerprint density at radius 1 is 0.889 bits per heavy atom. The highest BCUT2D eigenvalue weighted by Gasteiger charge is 2.08. The molecule has 0 spiro atoms. The predicted molar refractivity (Wildman–Crippen MR) is 79.6 cm³/mol. The third-order valence-corrected chi connectivity index (χ3v) is 4.43. The summed E-state index contributed by atoms with van der Waals surface area (Å²) in [6.45, 7) is 0. The number of nitrogens with zero attached hydrogens (tertiary/aromatic N) is 1. The summed E-state index contributed by atoms with van der Waals surface area (Å²) in [5, 5.41) is 5.01. The molecule has 1 aromatic heterocycles. The third-order valence-electron chi connectivity index (χ3n) is 3.24. The Morgan fingerprint density at radius 3 is 2.61 bits per heavy atom. The predicted octanol–water partition coefficient (Wildman–Crippen LogP) is 5.26. The smallest absolute Gasteiger partial charge is 0.184 e. The van der Waals surface area contributed by atoms with Crippen molar-refractivity contribution in [2.24, 2.45) is 0 Å². The minimum absolute atomic E-state index is 0.602. The molecular formula is C15H8ClNS. The van der Waals surface area contributed by atoms with E-state index in [1.807, 2.05) is 6.07 Å². The molecule has 0 amide bonds. The quantitative estimate of drug-likeness (QED) is 0.397. The molecule has 0 bridgehead atoms. The van der Waals surface area contributed by atoms with Gasteiger partial charge in [-0.2, -0.15) is 0 Å². The van der Waals surface area contributed by atoms with Crippen LogP contribution in [0.15, 0.2) is 48.5 Å². The van der Waals surface area contributed by atoms with E-state index in [0.717, 1.165) is 5.52 Å². The Morgan fingerprint density at radius 2 is 1.67 bits per heavy atom. The highest BCUT2D eigenvalue weighted by atomic mass is 35.5. The summed E-state index contributed by atoms with van der Waals surface area (Å²) in [7, 11) is 0. The summed E-state index contributed by atoms with van der Waals surface area (Å²) in [5.41, 5.74) is 0.980. The van der Waals surface area contributed by atoms with Gasteiger partial charge in [0, 0.05) is 5.39 Å². The van der Waals surface area contributed by atoms with Crippen molar-refractivity contribution in [3.63, 3.8) is 0 Å². The summed E-state index contributed by atoms with van der Waals surface area (Å²) in [4.78, 5) is 4.35. The van der Waals surface area contributed by atoms with Gasteiger partial charge in [-0.15, -0.1) is 11.3 Å². The lowest BCUT2D eigenvalue weighted by molar-refractivity contribution is 1.50. The summed E-state index contributed by atoms with van der Waals surface area (Å²) in [6.07, 6.45) is 0. The van der Waals surface area contributed by atoms with Crippen LogP contribution in [0.4, 0.5) is 0 Å². The van der Waals surface area contributed by atoms with Crippen molar-refractivity contribution in [2.45, 2.75) is 0 Å². The van der Waals surface area contributed by atoms with Gasteiger partial charge < -0.3 is 0 Å². The fourth-order valence-electron chi connectivity index (χ4n) is 2.45. The van der Waals surface area contributed by atoms with Gasteiger partial charge in [-0.1, -0.05) is 54.1 Å². The molecule has 4 rings (SSSR count). The molecule has 0 fully saturated rings. The molecule has 0 aliphatic carbocycles. The number of halogens is 1. The monoisotopic (exact) mass is 269 g/mol. The molecule has 0 unspecified atom stereocenters. The van der Waals surface area contributed by atoms with Gasteiger partial charge in [0.15, 0.2) is 4.47 Å². The molecular weight excluding hydrogens is 262 g/mol. The van der Waals surface area contributed by atoms with Crippen molar-refractivity contribution in [1.82, 2.24) is 4.98 Å². The zero-order valence-electron chi connectivity index (χ0n) is 9.35. The zero-order valence-corrected chi connectivity index (χ0v) is 10.9. The maximum absolute atomic E-state index is 6.04. The Kier molecular flexibility index (Phi) is 2.10. The average Bonchev–Trinajstić information content (AvgIpc) is 2.78. The maximum Gasteiger partial charge on any atom is 0.184 e. The van der Waals surface area contributed by atoms with E-state index in [0.29, 0.717) is 4.47 Å². The number of hydrogen-bond acceptors (Lipinski definition) is 2. The van der Waals surface area contributed by atoms with Crippen molar-refractivity contribution in [3.8, 4) is 0 Å². The first-order valence-electron chi connectivity index (χ1n) is 5.69. The molecule has 0 atom stereocenters. The van der Waals surface area contributed by atoms with Gasteiger partial charge in [0.05, 0.1) is 10.2 Å². The largest absolute Gasteiger partial charge is 0.225 e. The molecule has 1 nitrogen and oxygen atoms in total. The number of fused-ring (bicyclic) bond motifs is 5. The second-order valence-corrected chi connectivity index (χ2v) is 5.85. The fraction of sp³-hybridized carbons (Fsp3) is 0. The molecule has 4 aromatic rings. The van der Waals surface area contributed by atoms with E-state index in [2.05, 4.69) is 47.4 Å². The average molecular weight is 270 g/mol. The molecule has 3 aromatic carbocycles. The minimum atomic E-state index is 0.602. The first-order chi connectivity index (χ1) is 8.83. The van der Waals surface area contributed by atoms with Gasteiger partial charge >= 0.3 is 0 Å². The SMILES string of the molecule is Clc1nc2ccc3ccc4ccccc4c3c2s1. The highest BCUT2D eigenvalue weighted by Crippen LogP contribution is 2.36. The van der Waals surface area contributed by atoms with E-state index < -0.39 is 0 Å². The number of benzene rings is 3. The highest BCUT2D eigenvalue weighted by molar-refractivity contribution is 7.23. The zero-order chi connectivity index (χ0) is 12.1. The molecule has 0 radical (unpaired) electrons. The summed E-state index contributed by atoms with van der Waals surface area (Å²) < 4.78 is 1.78. The van der Waals surface area contributed by atoms with Crippen LogP contribution in [0.2, 0.25) is 4.47 Å². The number of rotatable bonds is 0. The molecule has 0 saturated heterocycles. The lowest BCUT2D eigenvalue weighted by atomic mass is 10.0. The van der Waals surface area contributed by atoms with Crippen LogP contribution in [0.3, 0.4) is 0 Å². The van der Waals surface area contributed by atoms with Gasteiger partial charge in [-0.05, 0) is 22.2 Å². The summed E-state index contributed by atoms with van der Waals surface area (Å²) in [5.74, 6) is 0. The van der Waals surface area contributed by atoms with Crippen LogP contribution in [-0.4, -0.2) is 4.98 Å². The van der Waals surface area contributed by atoms with E-state index in [4.69, 9.17) is 11.6 Å². The standard InChI is InChI=1S/C15H8ClNS/c16-15-17-12-8-7-10-6-5-9-3-1-2-4-11(9)13(10)14(12)18-15/h1-8H. The topological polar surface area (TPSA) is 12.9 Å². The van der Waals surface area contributed by atoms with Crippen LogP contribution in [0.5, 0.6) is 0 Å². The Hall–Kier alpha value is -1.64. The van der Waals surface area contributed by atoms with Gasteiger partial charge in [-0.25, -0.2) is 4.98 Å². The molecule has 0 saturated carbocycles. The van der Waals surface area contributed by atoms with E-state index >= 15 is 0 Å². The fourth-order valence-corrected chi connectivity index (χ4v) is 3.63. The van der Waals surface area contributed by atoms with Gasteiger partial charge in [-0.3, -0.25) is 0 Å². The summed E-state index contributed by atoms with van der Waals surface area (Å²) >= 11 is 7.59. The van der Waals surface area contributed by atoms with E-state index in [1.165, 1.54) is 26.2 Å². The molecule has 18 heavy (non-hydrogen) atoms. The summed E-state index contributed by atoms with van der Waals surface area (Å²) in [6, 6.07) is 16.9. The van der Waals surface area contributed by atoms with E-state index in [1.54, 1.807) is 11.3 Å². The number of hydrogen-bond donors (Lipinski definition) is 0. The van der Waals surface area contributed by atoms with Crippen molar-refractivity contribution < 1.29 is 0 Å². The first-order valence-corrected chi connectivity index (χ1v) is 6.89.